The van der Waals surface area contributed by atoms with Crippen LogP contribution in [0.1, 0.15) is 19.8 Å². The van der Waals surface area contributed by atoms with E-state index in [9.17, 15) is 0 Å². The first-order valence-electron chi connectivity index (χ1n) is 2.75. The topological polar surface area (TPSA) is 0 Å². The van der Waals surface area contributed by atoms with E-state index in [0.29, 0.717) is 0 Å². The van der Waals surface area contributed by atoms with E-state index in [1.54, 1.807) is 0 Å². The lowest BCUT2D eigenvalue weighted by Gasteiger charge is -1.88. The normalized spacial score (nSPS) is 20.0. The fourth-order valence-electron chi connectivity index (χ4n) is 0.670. The maximum atomic E-state index is 5.20. The van der Waals surface area contributed by atoms with E-state index >= 15 is 0 Å². The van der Waals surface area contributed by atoms with Crippen LogP contribution in [0.25, 0.3) is 0 Å². The lowest BCUT2D eigenvalue weighted by atomic mass is 10.1. The van der Waals surface area contributed by atoms with Crippen LogP contribution in [-0.2, 0) is 0 Å². The monoisotopic (exact) mass is 104 g/mol. The van der Waals surface area contributed by atoms with E-state index in [1.165, 1.54) is 0 Å². The van der Waals surface area contributed by atoms with Gasteiger partial charge in [0.25, 0.3) is 0 Å². The Balaban J connectivity index is 2.67. The van der Waals surface area contributed by atoms with Gasteiger partial charge in [0.15, 0.2) is 0 Å². The van der Waals surface area contributed by atoms with Crippen molar-refractivity contribution in [2.24, 2.45) is 5.41 Å². The lowest BCUT2D eigenvalue weighted by molar-refractivity contribution is 0.943. The predicted molar refractivity (Wildman–Crippen MR) is 33.9 cm³/mol. The minimum absolute atomic E-state index is 0.00868. The van der Waals surface area contributed by atoms with Crippen LogP contribution in [0, 0.1) is 29.6 Å². The summed E-state index contributed by atoms with van der Waals surface area (Å²) in [5.41, 5.74) is 0.00868. The van der Waals surface area contributed by atoms with Crippen molar-refractivity contribution >= 4 is 0 Å². The molecule has 0 radical (unpaired) electrons. The molecule has 8 heavy (non-hydrogen) atoms. The number of terminal acetylenes is 1. The van der Waals surface area contributed by atoms with Crippen molar-refractivity contribution in [2.75, 3.05) is 0 Å². The molecule has 40 valence electrons. The van der Waals surface area contributed by atoms with Gasteiger partial charge in [0.2, 0.25) is 0 Å². The Labute approximate surface area is 50.3 Å². The highest BCUT2D eigenvalue weighted by Crippen LogP contribution is 2.43. The smallest absolute Gasteiger partial charge is 0.0917 e. The van der Waals surface area contributed by atoms with Gasteiger partial charge in [-0.05, 0) is 19.8 Å². The molecule has 0 N–H and O–H groups in total. The highest BCUT2D eigenvalue weighted by Gasteiger charge is 2.38. The second kappa shape index (κ2) is 1.57. The van der Waals surface area contributed by atoms with Crippen LogP contribution in [0.2, 0.25) is 0 Å². The van der Waals surface area contributed by atoms with E-state index < -0.39 is 0 Å². The van der Waals surface area contributed by atoms with Gasteiger partial charge in [-0.3, -0.25) is 0 Å². The summed E-state index contributed by atoms with van der Waals surface area (Å²) in [7, 11) is 0. The van der Waals surface area contributed by atoms with Gasteiger partial charge in [-0.25, -0.2) is 0 Å². The molecule has 1 aliphatic carbocycles. The van der Waals surface area contributed by atoms with E-state index in [4.69, 9.17) is 6.42 Å². The van der Waals surface area contributed by atoms with Crippen LogP contribution in [-0.4, -0.2) is 0 Å². The second-order valence-electron chi connectivity index (χ2n) is 2.10. The molecule has 0 aliphatic heterocycles. The lowest BCUT2D eigenvalue weighted by Crippen LogP contribution is -1.87. The fraction of sp³-hybridized carbons (Fsp3) is 0.500. The Hall–Kier alpha value is -0.880. The van der Waals surface area contributed by atoms with Gasteiger partial charge in [0, 0.05) is 0 Å². The quantitative estimate of drug-likeness (QED) is 0.408. The van der Waals surface area contributed by atoms with Crippen LogP contribution in [0.15, 0.2) is 0 Å². The van der Waals surface area contributed by atoms with Gasteiger partial charge in [-0.15, -0.1) is 12.3 Å². The largest absolute Gasteiger partial charge is 0.118 e. The SMILES string of the molecule is C#CC1(C#CC)CC1. The van der Waals surface area contributed by atoms with Crippen LogP contribution in [0.3, 0.4) is 0 Å². The van der Waals surface area contributed by atoms with Gasteiger partial charge in [-0.2, -0.15) is 0 Å². The average Bonchev–Trinajstić information content (AvgIpc) is 2.50. The summed E-state index contributed by atoms with van der Waals surface area (Å²) in [5, 5.41) is 0. The van der Waals surface area contributed by atoms with Crippen molar-refractivity contribution in [2.45, 2.75) is 19.8 Å². The molecule has 1 rings (SSSR count). The Kier molecular flexibility index (Phi) is 1.03. The molecule has 1 fully saturated rings. The fourth-order valence-corrected chi connectivity index (χ4v) is 0.670. The third-order valence-electron chi connectivity index (χ3n) is 1.39. The van der Waals surface area contributed by atoms with Crippen molar-refractivity contribution in [1.82, 2.24) is 0 Å². The highest BCUT2D eigenvalue weighted by molar-refractivity contribution is 5.31. The summed E-state index contributed by atoms with van der Waals surface area (Å²) in [4.78, 5) is 0. The molecule has 0 amide bonds. The molecule has 1 aliphatic rings. The molecule has 0 nitrogen and oxygen atoms in total. The van der Waals surface area contributed by atoms with Crippen molar-refractivity contribution in [3.8, 4) is 24.2 Å². The molecule has 0 spiro atoms. The second-order valence-corrected chi connectivity index (χ2v) is 2.10. The van der Waals surface area contributed by atoms with Crippen LogP contribution in [0.4, 0.5) is 0 Å². The molecule has 0 saturated heterocycles. The Morgan fingerprint density at radius 1 is 1.50 bits per heavy atom. The zero-order valence-electron chi connectivity index (χ0n) is 4.99. The Bertz CT molecular complexity index is 178. The molecule has 0 aromatic heterocycles. The van der Waals surface area contributed by atoms with E-state index in [-0.39, 0.29) is 5.41 Å². The Morgan fingerprint density at radius 3 is 2.25 bits per heavy atom. The third kappa shape index (κ3) is 0.703. The minimum Gasteiger partial charge on any atom is -0.118 e. The maximum absolute atomic E-state index is 5.20. The summed E-state index contributed by atoms with van der Waals surface area (Å²) in [6.07, 6.45) is 7.41. The van der Waals surface area contributed by atoms with Gasteiger partial charge in [0.1, 0.15) is 0 Å². The van der Waals surface area contributed by atoms with E-state index in [1.807, 2.05) is 6.92 Å². The summed E-state index contributed by atoms with van der Waals surface area (Å²) >= 11 is 0. The van der Waals surface area contributed by atoms with Gasteiger partial charge in [-0.1, -0.05) is 11.8 Å². The third-order valence-corrected chi connectivity index (χ3v) is 1.39. The molecule has 0 aromatic carbocycles. The molecular weight excluding hydrogens is 96.1 g/mol. The minimum atomic E-state index is 0.00868. The van der Waals surface area contributed by atoms with Crippen LogP contribution < -0.4 is 0 Å². The molecule has 1 saturated carbocycles. The van der Waals surface area contributed by atoms with Gasteiger partial charge in [0.05, 0.1) is 5.41 Å². The molecule has 0 aromatic rings. The van der Waals surface area contributed by atoms with E-state index in [0.717, 1.165) is 12.8 Å². The van der Waals surface area contributed by atoms with Gasteiger partial charge < -0.3 is 0 Å². The summed E-state index contributed by atoms with van der Waals surface area (Å²) < 4.78 is 0. The summed E-state index contributed by atoms with van der Waals surface area (Å²) in [6, 6.07) is 0. The zero-order chi connectivity index (χ0) is 6.04. The molecule has 0 heterocycles. The van der Waals surface area contributed by atoms with Crippen molar-refractivity contribution in [3.05, 3.63) is 0 Å². The average molecular weight is 104 g/mol. The van der Waals surface area contributed by atoms with E-state index in [2.05, 4.69) is 17.8 Å². The Morgan fingerprint density at radius 2 is 2.12 bits per heavy atom. The zero-order valence-corrected chi connectivity index (χ0v) is 4.99. The molecule has 0 atom stereocenters. The van der Waals surface area contributed by atoms with Crippen molar-refractivity contribution in [3.63, 3.8) is 0 Å². The first-order valence-corrected chi connectivity index (χ1v) is 2.75. The number of rotatable bonds is 0. The van der Waals surface area contributed by atoms with Crippen molar-refractivity contribution in [1.29, 1.82) is 0 Å². The standard InChI is InChI=1S/C8H8/c1-3-5-8(4-2)6-7-8/h2H,6-7H2,1H3. The van der Waals surface area contributed by atoms with Crippen LogP contribution in [0.5, 0.6) is 0 Å². The maximum Gasteiger partial charge on any atom is 0.0917 e. The van der Waals surface area contributed by atoms with Crippen LogP contribution >= 0.6 is 0 Å². The van der Waals surface area contributed by atoms with Crippen molar-refractivity contribution < 1.29 is 0 Å². The number of hydrogen-bond acceptors (Lipinski definition) is 0. The summed E-state index contributed by atoms with van der Waals surface area (Å²) in [5.74, 6) is 8.51. The highest BCUT2D eigenvalue weighted by atomic mass is 14.4. The molecule has 0 unspecified atom stereocenters. The summed E-state index contributed by atoms with van der Waals surface area (Å²) in [6.45, 7) is 1.83. The number of hydrogen-bond donors (Lipinski definition) is 0. The molecule has 0 heteroatoms. The first-order chi connectivity index (χ1) is 3.83. The predicted octanol–water partition coefficient (Wildman–Crippen LogP) is 1.42. The van der Waals surface area contributed by atoms with Gasteiger partial charge >= 0.3 is 0 Å². The molecular formula is C8H8. The molecule has 0 bridgehead atoms. The first kappa shape index (κ1) is 5.26.